The Kier molecular flexibility index (Phi) is 4.56. The molecule has 2 unspecified atom stereocenters. The molecule has 1 aliphatic rings. The fourth-order valence-electron chi connectivity index (χ4n) is 2.16. The molecule has 3 nitrogen and oxygen atoms in total. The van der Waals surface area contributed by atoms with Gasteiger partial charge in [-0.3, -0.25) is 0 Å². The van der Waals surface area contributed by atoms with Crippen molar-refractivity contribution in [2.24, 2.45) is 0 Å². The van der Waals surface area contributed by atoms with E-state index in [1.165, 1.54) is 15.3 Å². The van der Waals surface area contributed by atoms with Crippen LogP contribution in [0.2, 0.25) is 0 Å². The van der Waals surface area contributed by atoms with Gasteiger partial charge in [-0.2, -0.15) is 0 Å². The topological polar surface area (TPSA) is 30.5 Å². The van der Waals surface area contributed by atoms with Gasteiger partial charge in [0.05, 0.1) is 12.7 Å². The number of nitrogens with one attached hydrogen (secondary N) is 1. The Morgan fingerprint density at radius 1 is 1.53 bits per heavy atom. The summed E-state index contributed by atoms with van der Waals surface area (Å²) in [6, 6.07) is 2.68. The Labute approximate surface area is 107 Å². The Bertz CT molecular complexity index is 358. The molecule has 1 N–H and O–H groups in total. The van der Waals surface area contributed by atoms with E-state index < -0.39 is 0 Å². The van der Waals surface area contributed by atoms with Gasteiger partial charge < -0.3 is 14.8 Å². The van der Waals surface area contributed by atoms with Crippen LogP contribution in [-0.4, -0.2) is 26.0 Å². The first-order valence-corrected chi connectivity index (χ1v) is 6.98. The summed E-state index contributed by atoms with van der Waals surface area (Å²) in [4.78, 5) is 2.80. The van der Waals surface area contributed by atoms with Gasteiger partial charge in [-0.25, -0.2) is 0 Å². The lowest BCUT2D eigenvalue weighted by Gasteiger charge is -2.24. The van der Waals surface area contributed by atoms with Crippen LogP contribution in [0, 0.1) is 13.8 Å². The molecule has 1 saturated heterocycles. The molecule has 0 radical (unpaired) electrons. The summed E-state index contributed by atoms with van der Waals surface area (Å²) in [5.74, 6) is 0. The van der Waals surface area contributed by atoms with Gasteiger partial charge in [0.15, 0.2) is 0 Å². The molecule has 1 aromatic rings. The zero-order valence-electron chi connectivity index (χ0n) is 10.8. The fraction of sp³-hybridized carbons (Fsp3) is 0.692. The molecule has 0 saturated carbocycles. The zero-order chi connectivity index (χ0) is 12.3. The van der Waals surface area contributed by atoms with Gasteiger partial charge >= 0.3 is 0 Å². The van der Waals surface area contributed by atoms with Gasteiger partial charge in [0.2, 0.25) is 0 Å². The highest BCUT2D eigenvalue weighted by Crippen LogP contribution is 2.26. The van der Waals surface area contributed by atoms with E-state index in [-0.39, 0.29) is 0 Å². The number of rotatable bonds is 4. The van der Waals surface area contributed by atoms with Crippen LogP contribution < -0.4 is 5.32 Å². The summed E-state index contributed by atoms with van der Waals surface area (Å²) in [6.45, 7) is 8.73. The number of hydrogen-bond acceptors (Lipinski definition) is 4. The predicted molar refractivity (Wildman–Crippen MR) is 70.5 cm³/mol. The van der Waals surface area contributed by atoms with Crippen LogP contribution in [0.25, 0.3) is 0 Å². The second kappa shape index (κ2) is 5.96. The molecule has 2 heterocycles. The molecule has 96 valence electrons. The molecular weight excluding hydrogens is 234 g/mol. The smallest absolute Gasteiger partial charge is 0.147 e. The summed E-state index contributed by atoms with van der Waals surface area (Å²) < 4.78 is 10.7. The van der Waals surface area contributed by atoms with Gasteiger partial charge in [0.25, 0.3) is 0 Å². The highest BCUT2D eigenvalue weighted by atomic mass is 32.1. The van der Waals surface area contributed by atoms with E-state index in [9.17, 15) is 0 Å². The SMILES string of the molecule is Cc1cc(C(C)NCC2CCOCO2)c(C)s1. The molecule has 0 spiro atoms. The van der Waals surface area contributed by atoms with E-state index in [1.54, 1.807) is 0 Å². The van der Waals surface area contributed by atoms with Gasteiger partial charge in [-0.15, -0.1) is 11.3 Å². The van der Waals surface area contributed by atoms with Gasteiger partial charge in [-0.1, -0.05) is 0 Å². The minimum absolute atomic E-state index is 0.297. The van der Waals surface area contributed by atoms with E-state index in [0.717, 1.165) is 19.6 Å². The molecule has 0 bridgehead atoms. The van der Waals surface area contributed by atoms with E-state index in [4.69, 9.17) is 9.47 Å². The molecule has 2 atom stereocenters. The first kappa shape index (κ1) is 13.0. The van der Waals surface area contributed by atoms with Crippen molar-refractivity contribution in [1.29, 1.82) is 0 Å². The summed E-state index contributed by atoms with van der Waals surface area (Å²) in [5, 5.41) is 3.55. The number of thiophene rings is 1. The van der Waals surface area contributed by atoms with E-state index >= 15 is 0 Å². The van der Waals surface area contributed by atoms with E-state index in [0.29, 0.717) is 18.9 Å². The van der Waals surface area contributed by atoms with Crippen LogP contribution >= 0.6 is 11.3 Å². The molecule has 1 fully saturated rings. The third-order valence-corrected chi connectivity index (χ3v) is 4.15. The second-order valence-electron chi connectivity index (χ2n) is 4.60. The minimum atomic E-state index is 0.297. The summed E-state index contributed by atoms with van der Waals surface area (Å²) in [6.07, 6.45) is 1.28. The summed E-state index contributed by atoms with van der Waals surface area (Å²) >= 11 is 1.87. The number of hydrogen-bond donors (Lipinski definition) is 1. The van der Waals surface area contributed by atoms with Crippen molar-refractivity contribution in [3.05, 3.63) is 21.4 Å². The average molecular weight is 255 g/mol. The fourth-order valence-corrected chi connectivity index (χ4v) is 3.18. The van der Waals surface area contributed by atoms with Crippen molar-refractivity contribution >= 4 is 11.3 Å². The monoisotopic (exact) mass is 255 g/mol. The van der Waals surface area contributed by atoms with Crippen LogP contribution in [0.5, 0.6) is 0 Å². The molecule has 2 rings (SSSR count). The molecule has 4 heteroatoms. The molecule has 17 heavy (non-hydrogen) atoms. The minimum Gasteiger partial charge on any atom is -0.355 e. The van der Waals surface area contributed by atoms with Crippen LogP contribution in [0.4, 0.5) is 0 Å². The lowest BCUT2D eigenvalue weighted by molar-refractivity contribution is -0.137. The van der Waals surface area contributed by atoms with Crippen molar-refractivity contribution in [1.82, 2.24) is 5.32 Å². The predicted octanol–water partition coefficient (Wildman–Crippen LogP) is 2.78. The summed E-state index contributed by atoms with van der Waals surface area (Å²) in [5.41, 5.74) is 1.42. The molecule has 0 aromatic carbocycles. The van der Waals surface area contributed by atoms with Crippen LogP contribution in [0.3, 0.4) is 0 Å². The normalized spacial score (nSPS) is 22.6. The van der Waals surface area contributed by atoms with Crippen LogP contribution in [-0.2, 0) is 9.47 Å². The van der Waals surface area contributed by atoms with Crippen LogP contribution in [0.15, 0.2) is 6.07 Å². The quantitative estimate of drug-likeness (QED) is 0.897. The lowest BCUT2D eigenvalue weighted by atomic mass is 10.1. The maximum absolute atomic E-state index is 5.52. The maximum atomic E-state index is 5.52. The second-order valence-corrected chi connectivity index (χ2v) is 6.06. The maximum Gasteiger partial charge on any atom is 0.147 e. The molecular formula is C13H21NO2S. The Morgan fingerprint density at radius 3 is 2.94 bits per heavy atom. The highest BCUT2D eigenvalue weighted by Gasteiger charge is 2.16. The van der Waals surface area contributed by atoms with Crippen molar-refractivity contribution in [2.75, 3.05) is 19.9 Å². The molecule has 1 aromatic heterocycles. The van der Waals surface area contributed by atoms with Crippen molar-refractivity contribution < 1.29 is 9.47 Å². The average Bonchev–Trinajstić information content (AvgIpc) is 2.67. The van der Waals surface area contributed by atoms with Crippen molar-refractivity contribution in [2.45, 2.75) is 39.3 Å². The molecule has 1 aliphatic heterocycles. The number of aryl methyl sites for hydroxylation is 2. The first-order chi connectivity index (χ1) is 8.16. The standard InChI is InChI=1S/C13H21NO2S/c1-9-6-13(11(3)17-9)10(2)14-7-12-4-5-15-8-16-12/h6,10,12,14H,4-5,7-8H2,1-3H3. The zero-order valence-corrected chi connectivity index (χ0v) is 11.6. The Balaban J connectivity index is 1.84. The number of ether oxygens (including phenoxy) is 2. The third kappa shape index (κ3) is 3.52. The Hall–Kier alpha value is -0.420. The van der Waals surface area contributed by atoms with Gasteiger partial charge in [0, 0.05) is 22.3 Å². The third-order valence-electron chi connectivity index (χ3n) is 3.17. The van der Waals surface area contributed by atoms with Crippen molar-refractivity contribution in [3.8, 4) is 0 Å². The first-order valence-electron chi connectivity index (χ1n) is 6.16. The van der Waals surface area contributed by atoms with E-state index in [2.05, 4.69) is 32.2 Å². The van der Waals surface area contributed by atoms with E-state index in [1.807, 2.05) is 11.3 Å². The highest BCUT2D eigenvalue weighted by molar-refractivity contribution is 7.12. The van der Waals surface area contributed by atoms with Gasteiger partial charge in [0.1, 0.15) is 6.79 Å². The van der Waals surface area contributed by atoms with Crippen LogP contribution in [0.1, 0.15) is 34.7 Å². The molecule has 0 amide bonds. The van der Waals surface area contributed by atoms with Gasteiger partial charge in [-0.05, 0) is 38.8 Å². The Morgan fingerprint density at radius 2 is 2.35 bits per heavy atom. The molecule has 0 aliphatic carbocycles. The van der Waals surface area contributed by atoms with Crippen molar-refractivity contribution in [3.63, 3.8) is 0 Å². The largest absolute Gasteiger partial charge is 0.355 e. The summed E-state index contributed by atoms with van der Waals surface area (Å²) in [7, 11) is 0. The lowest BCUT2D eigenvalue weighted by Crippen LogP contribution is -2.35.